The molecule has 0 unspecified atom stereocenters. The average molecular weight is 466 g/mol. The fourth-order valence-corrected chi connectivity index (χ4v) is 3.47. The van der Waals surface area contributed by atoms with Gasteiger partial charge in [0.2, 0.25) is 5.91 Å². The van der Waals surface area contributed by atoms with Crippen molar-refractivity contribution in [3.63, 3.8) is 0 Å². The topological polar surface area (TPSA) is 44.8 Å². The Labute approximate surface area is 177 Å². The average Bonchev–Trinajstić information content (AvgIpc) is 2.69. The minimum Gasteiger partial charge on any atom is -0.434 e. The number of hydrogen-bond acceptors (Lipinski definition) is 4. The predicted octanol–water partition coefficient (Wildman–Crippen LogP) is 4.45. The van der Waals surface area contributed by atoms with Crippen LogP contribution in [0.3, 0.4) is 0 Å². The second-order valence-corrected chi connectivity index (χ2v) is 7.61. The Bertz CT molecular complexity index is 884. The molecule has 1 N–H and O–H groups in total. The van der Waals surface area contributed by atoms with Crippen molar-refractivity contribution >= 4 is 39.3 Å². The molecular formula is C21H22BrF2N3O2. The Morgan fingerprint density at radius 1 is 1.17 bits per heavy atom. The number of nitrogens with one attached hydrogen (secondary N) is 1. The number of anilines is 2. The molecule has 154 valence electrons. The number of rotatable bonds is 6. The SMILES string of the molecule is CN1CCN(c2ccccc2NC(=O)/C=C/c2cc(Br)ccc2OC(F)F)CC1. The molecule has 0 aliphatic carbocycles. The van der Waals surface area contributed by atoms with Crippen LogP contribution >= 0.6 is 15.9 Å². The molecule has 1 heterocycles. The quantitative estimate of drug-likeness (QED) is 0.639. The number of amides is 1. The molecule has 2 aromatic rings. The third-order valence-electron chi connectivity index (χ3n) is 4.61. The van der Waals surface area contributed by atoms with Crippen LogP contribution in [0.1, 0.15) is 5.56 Å². The fourth-order valence-electron chi connectivity index (χ4n) is 3.10. The highest BCUT2D eigenvalue weighted by atomic mass is 79.9. The molecule has 1 amide bonds. The molecule has 2 aromatic carbocycles. The van der Waals surface area contributed by atoms with Gasteiger partial charge in [0.15, 0.2) is 0 Å². The van der Waals surface area contributed by atoms with Crippen LogP contribution in [0.2, 0.25) is 0 Å². The van der Waals surface area contributed by atoms with Crippen molar-refractivity contribution in [2.75, 3.05) is 43.4 Å². The van der Waals surface area contributed by atoms with Crippen LogP contribution in [0, 0.1) is 0 Å². The van der Waals surface area contributed by atoms with Crippen LogP contribution in [0.4, 0.5) is 20.2 Å². The minimum absolute atomic E-state index is 0.00471. The van der Waals surface area contributed by atoms with Crippen molar-refractivity contribution in [2.24, 2.45) is 0 Å². The summed E-state index contributed by atoms with van der Waals surface area (Å²) in [6.07, 6.45) is 2.76. The molecule has 1 fully saturated rings. The Morgan fingerprint density at radius 2 is 1.90 bits per heavy atom. The van der Waals surface area contributed by atoms with Gasteiger partial charge in [0.25, 0.3) is 0 Å². The number of benzene rings is 2. The van der Waals surface area contributed by atoms with E-state index in [-0.39, 0.29) is 11.7 Å². The van der Waals surface area contributed by atoms with Crippen molar-refractivity contribution in [3.8, 4) is 5.75 Å². The lowest BCUT2D eigenvalue weighted by molar-refractivity contribution is -0.111. The summed E-state index contributed by atoms with van der Waals surface area (Å²) in [5, 5.41) is 2.88. The van der Waals surface area contributed by atoms with Gasteiger partial charge >= 0.3 is 6.61 Å². The number of ether oxygens (including phenoxy) is 1. The van der Waals surface area contributed by atoms with Gasteiger partial charge in [-0.1, -0.05) is 28.1 Å². The van der Waals surface area contributed by atoms with E-state index in [2.05, 4.69) is 42.8 Å². The molecule has 0 atom stereocenters. The highest BCUT2D eigenvalue weighted by molar-refractivity contribution is 9.10. The molecule has 0 spiro atoms. The zero-order valence-corrected chi connectivity index (χ0v) is 17.5. The van der Waals surface area contributed by atoms with Gasteiger partial charge in [0, 0.05) is 42.3 Å². The number of alkyl halides is 2. The number of likely N-dealkylation sites (N-methyl/N-ethyl adjacent to an activating group) is 1. The number of carbonyl (C=O) groups is 1. The van der Waals surface area contributed by atoms with Crippen LogP contribution in [0.25, 0.3) is 6.08 Å². The Balaban J connectivity index is 1.73. The Hall–Kier alpha value is -2.45. The maximum Gasteiger partial charge on any atom is 0.387 e. The fraction of sp³-hybridized carbons (Fsp3) is 0.286. The molecule has 0 bridgehead atoms. The number of piperazine rings is 1. The highest BCUT2D eigenvalue weighted by Gasteiger charge is 2.17. The number of nitrogens with zero attached hydrogens (tertiary/aromatic N) is 2. The van der Waals surface area contributed by atoms with Gasteiger partial charge in [-0.2, -0.15) is 8.78 Å². The van der Waals surface area contributed by atoms with Gasteiger partial charge in [0.1, 0.15) is 5.75 Å². The summed E-state index contributed by atoms with van der Waals surface area (Å²) in [5.41, 5.74) is 2.05. The summed E-state index contributed by atoms with van der Waals surface area (Å²) in [4.78, 5) is 17.0. The third kappa shape index (κ3) is 6.01. The maximum absolute atomic E-state index is 12.6. The van der Waals surface area contributed by atoms with E-state index in [0.717, 1.165) is 31.9 Å². The van der Waals surface area contributed by atoms with Crippen molar-refractivity contribution in [3.05, 3.63) is 58.6 Å². The van der Waals surface area contributed by atoms with E-state index < -0.39 is 6.61 Å². The van der Waals surface area contributed by atoms with Crippen LogP contribution in [-0.4, -0.2) is 50.6 Å². The summed E-state index contributed by atoms with van der Waals surface area (Å²) in [7, 11) is 2.09. The Kier molecular flexibility index (Phi) is 7.22. The molecule has 29 heavy (non-hydrogen) atoms. The molecule has 5 nitrogen and oxygen atoms in total. The number of carbonyl (C=O) groups excluding carboxylic acids is 1. The summed E-state index contributed by atoms with van der Waals surface area (Å²) < 4.78 is 30.4. The number of hydrogen-bond donors (Lipinski definition) is 1. The van der Waals surface area contributed by atoms with Gasteiger partial charge < -0.3 is 19.9 Å². The lowest BCUT2D eigenvalue weighted by Gasteiger charge is -2.35. The molecule has 3 rings (SSSR count). The molecule has 0 aromatic heterocycles. The lowest BCUT2D eigenvalue weighted by atomic mass is 10.2. The van der Waals surface area contributed by atoms with Crippen molar-refractivity contribution in [1.29, 1.82) is 0 Å². The van der Waals surface area contributed by atoms with E-state index in [1.165, 1.54) is 18.2 Å². The first-order chi connectivity index (χ1) is 13.9. The van der Waals surface area contributed by atoms with Gasteiger partial charge in [-0.05, 0) is 43.5 Å². The zero-order valence-electron chi connectivity index (χ0n) is 15.9. The van der Waals surface area contributed by atoms with Crippen molar-refractivity contribution < 1.29 is 18.3 Å². The van der Waals surface area contributed by atoms with Crippen LogP contribution < -0.4 is 15.0 Å². The second kappa shape index (κ2) is 9.84. The van der Waals surface area contributed by atoms with Crippen LogP contribution in [0.15, 0.2) is 53.0 Å². The third-order valence-corrected chi connectivity index (χ3v) is 5.10. The molecule has 1 saturated heterocycles. The van der Waals surface area contributed by atoms with Crippen molar-refractivity contribution in [1.82, 2.24) is 4.90 Å². The first-order valence-electron chi connectivity index (χ1n) is 9.18. The maximum atomic E-state index is 12.6. The summed E-state index contributed by atoms with van der Waals surface area (Å²) in [6, 6.07) is 12.3. The largest absolute Gasteiger partial charge is 0.434 e. The van der Waals surface area contributed by atoms with E-state index in [0.29, 0.717) is 15.7 Å². The Morgan fingerprint density at radius 3 is 2.62 bits per heavy atom. The number of halogens is 3. The molecule has 8 heteroatoms. The lowest BCUT2D eigenvalue weighted by Crippen LogP contribution is -2.44. The van der Waals surface area contributed by atoms with Crippen molar-refractivity contribution in [2.45, 2.75) is 6.61 Å². The smallest absolute Gasteiger partial charge is 0.387 e. The normalized spacial score (nSPS) is 15.1. The van der Waals surface area contributed by atoms with E-state index >= 15 is 0 Å². The first-order valence-corrected chi connectivity index (χ1v) is 9.97. The summed E-state index contributed by atoms with van der Waals surface area (Å²) in [5.74, 6) is -0.348. The van der Waals surface area contributed by atoms with E-state index in [1.807, 2.05) is 24.3 Å². The summed E-state index contributed by atoms with van der Waals surface area (Å²) >= 11 is 3.29. The minimum atomic E-state index is -2.94. The monoisotopic (exact) mass is 465 g/mol. The van der Waals surface area contributed by atoms with E-state index in [4.69, 9.17) is 0 Å². The molecule has 0 radical (unpaired) electrons. The zero-order chi connectivity index (χ0) is 20.8. The molecule has 1 aliphatic rings. The molecule has 0 saturated carbocycles. The van der Waals surface area contributed by atoms with Gasteiger partial charge in [-0.25, -0.2) is 0 Å². The van der Waals surface area contributed by atoms with Crippen LogP contribution in [-0.2, 0) is 4.79 Å². The van der Waals surface area contributed by atoms with Gasteiger partial charge in [-0.3, -0.25) is 4.79 Å². The van der Waals surface area contributed by atoms with E-state index in [9.17, 15) is 13.6 Å². The summed E-state index contributed by atoms with van der Waals surface area (Å²) in [6.45, 7) is 0.736. The van der Waals surface area contributed by atoms with Gasteiger partial charge in [-0.15, -0.1) is 0 Å². The number of para-hydroxylation sites is 2. The standard InChI is InChI=1S/C21H22BrF2N3O2/c1-26-10-12-27(13-11-26)18-5-3-2-4-17(18)25-20(28)9-6-15-14-16(22)7-8-19(15)29-21(23)24/h2-9,14,21H,10-13H2,1H3,(H,25,28)/b9-6+. The van der Waals surface area contributed by atoms with Crippen LogP contribution in [0.5, 0.6) is 5.75 Å². The highest BCUT2D eigenvalue weighted by Crippen LogP contribution is 2.28. The van der Waals surface area contributed by atoms with Gasteiger partial charge in [0.05, 0.1) is 11.4 Å². The first kappa shape index (κ1) is 21.3. The van der Waals surface area contributed by atoms with E-state index in [1.54, 1.807) is 12.1 Å². The molecular weight excluding hydrogens is 444 g/mol. The predicted molar refractivity (Wildman–Crippen MR) is 115 cm³/mol. The molecule has 1 aliphatic heterocycles. The second-order valence-electron chi connectivity index (χ2n) is 6.69.